The lowest BCUT2D eigenvalue weighted by atomic mass is 10.1. The maximum Gasteiger partial charge on any atom is 0.416 e. The summed E-state index contributed by atoms with van der Waals surface area (Å²) in [7, 11) is 0. The Morgan fingerprint density at radius 1 is 1.13 bits per heavy atom. The fraction of sp³-hybridized carbons (Fsp3) is 0.286. The first-order valence-corrected chi connectivity index (χ1v) is 9.12. The van der Waals surface area contributed by atoms with Gasteiger partial charge in [0.1, 0.15) is 11.5 Å². The molecule has 0 saturated carbocycles. The third kappa shape index (κ3) is 5.33. The Morgan fingerprint density at radius 3 is 2.39 bits per heavy atom. The van der Waals surface area contributed by atoms with Crippen molar-refractivity contribution in [3.05, 3.63) is 59.5 Å². The molecule has 0 saturated heterocycles. The van der Waals surface area contributed by atoms with Gasteiger partial charge in [-0.2, -0.15) is 18.2 Å². The van der Waals surface area contributed by atoms with E-state index in [9.17, 15) is 18.0 Å². The van der Waals surface area contributed by atoms with Crippen LogP contribution in [0.25, 0.3) is 11.4 Å². The maximum atomic E-state index is 12.7. The minimum Gasteiger partial charge on any atom is -0.484 e. The fourth-order valence-corrected chi connectivity index (χ4v) is 2.53. The predicted molar refractivity (Wildman–Crippen MR) is 103 cm³/mol. The Labute approximate surface area is 175 Å². The molecule has 0 atom stereocenters. The number of carboxylic acids is 1. The third-order valence-electron chi connectivity index (χ3n) is 4.33. The molecular formula is C21H19F3N2O5. The van der Waals surface area contributed by atoms with Crippen molar-refractivity contribution in [1.82, 2.24) is 10.1 Å². The number of benzene rings is 2. The first-order chi connectivity index (χ1) is 14.5. The van der Waals surface area contributed by atoms with Crippen LogP contribution in [0, 0.1) is 6.92 Å². The molecule has 164 valence electrons. The molecule has 1 N–H and O–H groups in total. The fourth-order valence-electron chi connectivity index (χ4n) is 2.53. The number of hydrogen-bond acceptors (Lipinski definition) is 6. The molecular weight excluding hydrogens is 417 g/mol. The van der Waals surface area contributed by atoms with Gasteiger partial charge in [0.05, 0.1) is 5.56 Å². The number of carboxylic acid groups (broad SMARTS) is 1. The summed E-state index contributed by atoms with van der Waals surface area (Å²) in [6.45, 7) is 4.58. The summed E-state index contributed by atoms with van der Waals surface area (Å²) in [5.74, 6) is 0.0601. The van der Waals surface area contributed by atoms with Crippen LogP contribution in [0.2, 0.25) is 0 Å². The van der Waals surface area contributed by atoms with Crippen molar-refractivity contribution in [2.24, 2.45) is 0 Å². The molecule has 2 aromatic carbocycles. The maximum absolute atomic E-state index is 12.7. The second kappa shape index (κ2) is 8.29. The molecule has 0 spiro atoms. The summed E-state index contributed by atoms with van der Waals surface area (Å²) in [5, 5.41) is 12.9. The number of carbonyl (C=O) groups is 1. The lowest BCUT2D eigenvalue weighted by molar-refractivity contribution is -0.152. The van der Waals surface area contributed by atoms with Gasteiger partial charge < -0.3 is 19.1 Å². The minimum atomic E-state index is -4.42. The van der Waals surface area contributed by atoms with Gasteiger partial charge in [0.15, 0.2) is 12.2 Å². The molecule has 0 amide bonds. The summed E-state index contributed by atoms with van der Waals surface area (Å²) in [6, 6.07) is 9.28. The Bertz CT molecular complexity index is 1080. The molecule has 3 aromatic rings. The summed E-state index contributed by atoms with van der Waals surface area (Å²) in [4.78, 5) is 15.3. The Balaban J connectivity index is 1.64. The summed E-state index contributed by atoms with van der Waals surface area (Å²) in [6.07, 6.45) is -4.42. The van der Waals surface area contributed by atoms with E-state index in [1.807, 2.05) is 0 Å². The lowest BCUT2D eigenvalue weighted by Gasteiger charge is -2.22. The molecule has 3 rings (SSSR count). The molecule has 0 unspecified atom stereocenters. The van der Waals surface area contributed by atoms with Crippen molar-refractivity contribution in [2.75, 3.05) is 0 Å². The topological polar surface area (TPSA) is 94.7 Å². The number of ether oxygens (including phenoxy) is 2. The zero-order chi connectivity index (χ0) is 22.8. The summed E-state index contributed by atoms with van der Waals surface area (Å²) < 4.78 is 54.2. The van der Waals surface area contributed by atoms with Gasteiger partial charge in [-0.1, -0.05) is 17.3 Å². The van der Waals surface area contributed by atoms with Crippen LogP contribution in [-0.4, -0.2) is 26.8 Å². The van der Waals surface area contributed by atoms with Gasteiger partial charge in [-0.15, -0.1) is 0 Å². The van der Waals surface area contributed by atoms with E-state index in [0.717, 1.165) is 12.1 Å². The standard InChI is InChI=1S/C21H19F3N2O5/c1-12-10-15(8-9-16(12)30-20(2,3)19(27)28)29-11-17-25-18(26-31-17)13-4-6-14(7-5-13)21(22,23)24/h4-10H,11H2,1-3H3,(H,27,28). The van der Waals surface area contributed by atoms with Crippen molar-refractivity contribution in [3.63, 3.8) is 0 Å². The quantitative estimate of drug-likeness (QED) is 0.564. The van der Waals surface area contributed by atoms with E-state index in [1.54, 1.807) is 25.1 Å². The van der Waals surface area contributed by atoms with E-state index in [2.05, 4.69) is 10.1 Å². The molecule has 0 aliphatic carbocycles. The largest absolute Gasteiger partial charge is 0.484 e. The van der Waals surface area contributed by atoms with Gasteiger partial charge in [-0.3, -0.25) is 0 Å². The van der Waals surface area contributed by atoms with Crippen LogP contribution in [0.3, 0.4) is 0 Å². The summed E-state index contributed by atoms with van der Waals surface area (Å²) in [5.41, 5.74) is -1.10. The minimum absolute atomic E-state index is 0.0616. The van der Waals surface area contributed by atoms with Gasteiger partial charge in [0.25, 0.3) is 5.89 Å². The SMILES string of the molecule is Cc1cc(OCc2nc(-c3ccc(C(F)(F)F)cc3)no2)ccc1OC(C)(C)C(=O)O. The number of aryl methyl sites for hydroxylation is 1. The Morgan fingerprint density at radius 2 is 1.81 bits per heavy atom. The van der Waals surface area contributed by atoms with Crippen LogP contribution in [0.5, 0.6) is 11.5 Å². The van der Waals surface area contributed by atoms with Gasteiger partial charge in [0, 0.05) is 5.56 Å². The third-order valence-corrected chi connectivity index (χ3v) is 4.33. The first kappa shape index (κ1) is 22.1. The van der Waals surface area contributed by atoms with Crippen molar-refractivity contribution >= 4 is 5.97 Å². The second-order valence-electron chi connectivity index (χ2n) is 7.22. The Kier molecular flexibility index (Phi) is 5.92. The van der Waals surface area contributed by atoms with Crippen molar-refractivity contribution < 1.29 is 37.1 Å². The second-order valence-corrected chi connectivity index (χ2v) is 7.22. The van der Waals surface area contributed by atoms with E-state index < -0.39 is 23.3 Å². The molecule has 0 bridgehead atoms. The number of hydrogen-bond donors (Lipinski definition) is 1. The number of aliphatic carboxylic acids is 1. The van der Waals surface area contributed by atoms with Crippen LogP contribution in [-0.2, 0) is 17.6 Å². The average molecular weight is 436 g/mol. The molecule has 1 heterocycles. The van der Waals surface area contributed by atoms with Gasteiger partial charge >= 0.3 is 12.1 Å². The highest BCUT2D eigenvalue weighted by Crippen LogP contribution is 2.31. The highest BCUT2D eigenvalue weighted by molar-refractivity contribution is 5.76. The molecule has 7 nitrogen and oxygen atoms in total. The van der Waals surface area contributed by atoms with E-state index in [-0.39, 0.29) is 18.3 Å². The summed E-state index contributed by atoms with van der Waals surface area (Å²) >= 11 is 0. The van der Waals surface area contributed by atoms with Crippen LogP contribution in [0.4, 0.5) is 13.2 Å². The molecule has 10 heteroatoms. The van der Waals surface area contributed by atoms with Crippen molar-refractivity contribution in [1.29, 1.82) is 0 Å². The zero-order valence-electron chi connectivity index (χ0n) is 16.9. The normalized spacial score (nSPS) is 11.9. The monoisotopic (exact) mass is 436 g/mol. The highest BCUT2D eigenvalue weighted by Gasteiger charge is 2.31. The first-order valence-electron chi connectivity index (χ1n) is 9.12. The van der Waals surface area contributed by atoms with Crippen molar-refractivity contribution in [3.8, 4) is 22.9 Å². The van der Waals surface area contributed by atoms with Crippen molar-refractivity contribution in [2.45, 2.75) is 39.2 Å². The number of alkyl halides is 3. The zero-order valence-corrected chi connectivity index (χ0v) is 16.9. The van der Waals surface area contributed by atoms with Gasteiger partial charge in [-0.25, -0.2) is 4.79 Å². The molecule has 0 aliphatic rings. The van der Waals surface area contributed by atoms with E-state index in [1.165, 1.54) is 26.0 Å². The average Bonchev–Trinajstić information content (AvgIpc) is 3.16. The highest BCUT2D eigenvalue weighted by atomic mass is 19.4. The van der Waals surface area contributed by atoms with Crippen LogP contribution in [0.15, 0.2) is 47.0 Å². The smallest absolute Gasteiger partial charge is 0.416 e. The van der Waals surface area contributed by atoms with E-state index in [4.69, 9.17) is 19.1 Å². The molecule has 31 heavy (non-hydrogen) atoms. The van der Waals surface area contributed by atoms with Crippen LogP contribution >= 0.6 is 0 Å². The van der Waals surface area contributed by atoms with Crippen LogP contribution in [0.1, 0.15) is 30.9 Å². The van der Waals surface area contributed by atoms with Crippen LogP contribution < -0.4 is 9.47 Å². The van der Waals surface area contributed by atoms with Gasteiger partial charge in [0.2, 0.25) is 5.82 Å². The van der Waals surface area contributed by atoms with E-state index in [0.29, 0.717) is 22.6 Å². The molecule has 0 aliphatic heterocycles. The number of halogens is 3. The molecule has 1 aromatic heterocycles. The predicted octanol–water partition coefficient (Wildman–Crippen LogP) is 4.88. The number of aromatic nitrogens is 2. The molecule has 0 fully saturated rings. The van der Waals surface area contributed by atoms with Gasteiger partial charge in [-0.05, 0) is 56.7 Å². The Hall–Kier alpha value is -3.56. The number of nitrogens with zero attached hydrogens (tertiary/aromatic N) is 2. The lowest BCUT2D eigenvalue weighted by Crippen LogP contribution is -2.38. The molecule has 0 radical (unpaired) electrons. The van der Waals surface area contributed by atoms with E-state index >= 15 is 0 Å². The number of rotatable bonds is 7.